The molecule has 5 nitrogen and oxygen atoms in total. The topological polar surface area (TPSA) is 68.3 Å². The van der Waals surface area contributed by atoms with Crippen LogP contribution in [-0.4, -0.2) is 28.5 Å². The number of fused-ring (bicyclic) bond motifs is 1. The van der Waals surface area contributed by atoms with Gasteiger partial charge in [0.15, 0.2) is 6.10 Å². The van der Waals surface area contributed by atoms with Crippen LogP contribution in [0.5, 0.6) is 0 Å². The first-order valence-corrected chi connectivity index (χ1v) is 7.98. The van der Waals surface area contributed by atoms with Crippen molar-refractivity contribution >= 4 is 22.8 Å². The molecule has 2 aromatic rings. The number of esters is 1. The summed E-state index contributed by atoms with van der Waals surface area (Å²) in [5.74, 6) is -0.838. The van der Waals surface area contributed by atoms with Gasteiger partial charge in [0.1, 0.15) is 0 Å². The van der Waals surface area contributed by atoms with E-state index in [1.165, 1.54) is 0 Å². The number of amides is 1. The Kier molecular flexibility index (Phi) is 4.92. The number of hydrogen-bond donors (Lipinski definition) is 1. The summed E-state index contributed by atoms with van der Waals surface area (Å²) >= 11 is 0. The number of nitrogens with one attached hydrogen (secondary N) is 1. The van der Waals surface area contributed by atoms with Gasteiger partial charge in [0.05, 0.1) is 11.1 Å². The predicted octanol–water partition coefficient (Wildman–Crippen LogP) is 3.31. The Bertz CT molecular complexity index is 791. The van der Waals surface area contributed by atoms with Crippen LogP contribution in [0.3, 0.4) is 0 Å². The normalized spacial score (nSPS) is 12.8. The lowest BCUT2D eigenvalue weighted by atomic mass is 10.1. The lowest BCUT2D eigenvalue weighted by molar-refractivity contribution is -0.130. The maximum absolute atomic E-state index is 12.6. The van der Waals surface area contributed by atoms with E-state index >= 15 is 0 Å². The molecule has 0 aliphatic carbocycles. The maximum atomic E-state index is 12.6. The molecule has 0 radical (unpaired) electrons. The van der Waals surface area contributed by atoms with Crippen LogP contribution in [0.4, 0.5) is 0 Å². The molecule has 1 N–H and O–H groups in total. The van der Waals surface area contributed by atoms with Crippen molar-refractivity contribution in [1.29, 1.82) is 0 Å². The van der Waals surface area contributed by atoms with Crippen LogP contribution in [0, 0.1) is 13.8 Å². The second-order valence-corrected chi connectivity index (χ2v) is 7.12. The van der Waals surface area contributed by atoms with Crippen LogP contribution in [-0.2, 0) is 9.53 Å². The average molecular weight is 328 g/mol. The smallest absolute Gasteiger partial charge is 0.339 e. The number of benzene rings is 1. The van der Waals surface area contributed by atoms with Crippen LogP contribution in [0.25, 0.3) is 10.9 Å². The Morgan fingerprint density at radius 2 is 1.83 bits per heavy atom. The minimum atomic E-state index is -0.870. The number of carbonyl (C=O) groups is 2. The van der Waals surface area contributed by atoms with Crippen molar-refractivity contribution in [1.82, 2.24) is 10.3 Å². The monoisotopic (exact) mass is 328 g/mol. The number of hydrogen-bond acceptors (Lipinski definition) is 4. The first kappa shape index (κ1) is 17.9. The molecule has 1 heterocycles. The largest absolute Gasteiger partial charge is 0.449 e. The molecule has 1 aromatic heterocycles. The number of rotatable bonds is 3. The Labute approximate surface area is 142 Å². The summed E-state index contributed by atoms with van der Waals surface area (Å²) in [7, 11) is 0. The number of ether oxygens (including phenoxy) is 1. The van der Waals surface area contributed by atoms with Gasteiger partial charge in [-0.2, -0.15) is 0 Å². The molecule has 1 aromatic carbocycles. The fourth-order valence-corrected chi connectivity index (χ4v) is 2.39. The predicted molar refractivity (Wildman–Crippen MR) is 94.0 cm³/mol. The zero-order valence-electron chi connectivity index (χ0n) is 15.1. The SMILES string of the molecule is Cc1ccc2nc(C)cc(C(=O)O[C@H](C)C(=O)NC(C)(C)C)c2c1. The van der Waals surface area contributed by atoms with Crippen molar-refractivity contribution in [2.75, 3.05) is 0 Å². The third-order valence-electron chi connectivity index (χ3n) is 3.46. The number of aromatic nitrogens is 1. The molecule has 0 spiro atoms. The lowest BCUT2D eigenvalue weighted by Gasteiger charge is -2.23. The van der Waals surface area contributed by atoms with E-state index < -0.39 is 12.1 Å². The number of aryl methyl sites for hydroxylation is 2. The molecule has 2 rings (SSSR count). The number of pyridine rings is 1. The fraction of sp³-hybridized carbons (Fsp3) is 0.421. The van der Waals surface area contributed by atoms with Gasteiger partial charge >= 0.3 is 5.97 Å². The second kappa shape index (κ2) is 6.59. The fourth-order valence-electron chi connectivity index (χ4n) is 2.39. The van der Waals surface area contributed by atoms with Crippen LogP contribution in [0.2, 0.25) is 0 Å². The summed E-state index contributed by atoms with van der Waals surface area (Å²) in [4.78, 5) is 29.1. The Morgan fingerprint density at radius 1 is 1.17 bits per heavy atom. The average Bonchev–Trinajstić information content (AvgIpc) is 2.45. The van der Waals surface area contributed by atoms with E-state index in [0.29, 0.717) is 5.56 Å². The molecular formula is C19H24N2O3. The standard InChI is InChI=1S/C19H24N2O3/c1-11-7-8-16-14(9-11)15(10-12(2)20-16)18(23)24-13(3)17(22)21-19(4,5)6/h7-10,13H,1-6H3,(H,21,22)/t13-/m1/s1. The summed E-state index contributed by atoms with van der Waals surface area (Å²) in [6.07, 6.45) is -0.870. The molecule has 0 fully saturated rings. The lowest BCUT2D eigenvalue weighted by Crippen LogP contribution is -2.46. The molecule has 1 amide bonds. The van der Waals surface area contributed by atoms with Crippen molar-refractivity contribution in [2.45, 2.75) is 53.2 Å². The molecule has 0 saturated heterocycles. The van der Waals surface area contributed by atoms with Gasteiger partial charge in [-0.1, -0.05) is 11.6 Å². The van der Waals surface area contributed by atoms with Crippen LogP contribution >= 0.6 is 0 Å². The highest BCUT2D eigenvalue weighted by Crippen LogP contribution is 2.21. The van der Waals surface area contributed by atoms with Gasteiger partial charge in [0, 0.05) is 16.6 Å². The molecule has 0 aliphatic rings. The quantitative estimate of drug-likeness (QED) is 0.878. The summed E-state index contributed by atoms with van der Waals surface area (Å²) in [6.45, 7) is 11.0. The van der Waals surface area contributed by atoms with Crippen molar-refractivity contribution < 1.29 is 14.3 Å². The highest BCUT2D eigenvalue weighted by molar-refractivity contribution is 6.04. The Morgan fingerprint density at radius 3 is 2.46 bits per heavy atom. The molecule has 128 valence electrons. The van der Waals surface area contributed by atoms with Crippen molar-refractivity contribution in [3.8, 4) is 0 Å². The second-order valence-electron chi connectivity index (χ2n) is 7.12. The molecule has 0 aliphatic heterocycles. The van der Waals surface area contributed by atoms with Crippen molar-refractivity contribution in [3.05, 3.63) is 41.1 Å². The van der Waals surface area contributed by atoms with Gasteiger partial charge < -0.3 is 10.1 Å². The summed E-state index contributed by atoms with van der Waals surface area (Å²) in [6, 6.07) is 7.42. The first-order valence-electron chi connectivity index (χ1n) is 7.98. The van der Waals surface area contributed by atoms with E-state index in [9.17, 15) is 9.59 Å². The van der Waals surface area contributed by atoms with Gasteiger partial charge in [0.2, 0.25) is 0 Å². The van der Waals surface area contributed by atoms with E-state index in [2.05, 4.69) is 10.3 Å². The van der Waals surface area contributed by atoms with Gasteiger partial charge in [-0.05, 0) is 59.7 Å². The third kappa shape index (κ3) is 4.31. The van der Waals surface area contributed by atoms with E-state index in [1.807, 2.05) is 52.8 Å². The zero-order valence-corrected chi connectivity index (χ0v) is 15.1. The van der Waals surface area contributed by atoms with E-state index in [-0.39, 0.29) is 11.4 Å². The van der Waals surface area contributed by atoms with Crippen LogP contribution < -0.4 is 5.32 Å². The van der Waals surface area contributed by atoms with Crippen LogP contribution in [0.1, 0.15) is 49.3 Å². The van der Waals surface area contributed by atoms with Gasteiger partial charge in [0.25, 0.3) is 5.91 Å². The highest BCUT2D eigenvalue weighted by atomic mass is 16.5. The van der Waals surface area contributed by atoms with Gasteiger partial charge in [-0.15, -0.1) is 0 Å². The molecule has 0 saturated carbocycles. The molecule has 1 atom stereocenters. The maximum Gasteiger partial charge on any atom is 0.339 e. The number of carbonyl (C=O) groups excluding carboxylic acids is 2. The minimum Gasteiger partial charge on any atom is -0.449 e. The van der Waals surface area contributed by atoms with Crippen molar-refractivity contribution in [2.24, 2.45) is 0 Å². The minimum absolute atomic E-state index is 0.317. The molecule has 0 bridgehead atoms. The Balaban J connectivity index is 2.28. The van der Waals surface area contributed by atoms with Gasteiger partial charge in [-0.25, -0.2) is 4.79 Å². The summed E-state index contributed by atoms with van der Waals surface area (Å²) < 4.78 is 5.37. The molecule has 0 unspecified atom stereocenters. The molecule has 5 heteroatoms. The molecule has 24 heavy (non-hydrogen) atoms. The third-order valence-corrected chi connectivity index (χ3v) is 3.46. The first-order chi connectivity index (χ1) is 11.1. The highest BCUT2D eigenvalue weighted by Gasteiger charge is 2.24. The van der Waals surface area contributed by atoms with E-state index in [1.54, 1.807) is 13.0 Å². The van der Waals surface area contributed by atoms with Crippen LogP contribution in [0.15, 0.2) is 24.3 Å². The van der Waals surface area contributed by atoms with Crippen molar-refractivity contribution in [3.63, 3.8) is 0 Å². The Hall–Kier alpha value is -2.43. The summed E-state index contributed by atoms with van der Waals surface area (Å²) in [5.41, 5.74) is 2.54. The van der Waals surface area contributed by atoms with Gasteiger partial charge in [-0.3, -0.25) is 9.78 Å². The number of nitrogens with zero attached hydrogens (tertiary/aromatic N) is 1. The van der Waals surface area contributed by atoms with E-state index in [0.717, 1.165) is 22.2 Å². The zero-order chi connectivity index (χ0) is 18.1. The summed E-state index contributed by atoms with van der Waals surface area (Å²) in [5, 5.41) is 3.54. The van der Waals surface area contributed by atoms with E-state index in [4.69, 9.17) is 4.74 Å². The molecular weight excluding hydrogens is 304 g/mol.